The second-order valence-electron chi connectivity index (χ2n) is 1.73. The molecule has 4 nitrogen and oxygen atoms in total. The Morgan fingerprint density at radius 2 is 2.30 bits per heavy atom. The van der Waals surface area contributed by atoms with Gasteiger partial charge < -0.3 is 4.74 Å². The van der Waals surface area contributed by atoms with Crippen LogP contribution in [0.2, 0.25) is 0 Å². The smallest absolute Gasteiger partial charge is 0.297 e. The molecule has 0 fully saturated rings. The Morgan fingerprint density at radius 3 is 2.60 bits per heavy atom. The largest absolute Gasteiger partial charge is 0.496 e. The molecule has 1 aliphatic heterocycles. The first-order valence-corrected chi connectivity index (χ1v) is 4.00. The van der Waals surface area contributed by atoms with Gasteiger partial charge in [0.05, 0.1) is 0 Å². The summed E-state index contributed by atoms with van der Waals surface area (Å²) >= 11 is 0. The van der Waals surface area contributed by atoms with E-state index < -0.39 is 10.1 Å². The molecule has 0 aromatic rings. The number of hydrogen-bond acceptors (Lipinski definition) is 3. The summed E-state index contributed by atoms with van der Waals surface area (Å²) in [6, 6.07) is 0. The lowest BCUT2D eigenvalue weighted by atomic mass is 10.4. The van der Waals surface area contributed by atoms with Gasteiger partial charge in [0.2, 0.25) is 0 Å². The summed E-state index contributed by atoms with van der Waals surface area (Å²) in [6.07, 6.45) is 3.80. The molecule has 1 N–H and O–H groups in total. The average Bonchev–Trinajstić information content (AvgIpc) is 1.88. The van der Waals surface area contributed by atoms with E-state index >= 15 is 0 Å². The van der Waals surface area contributed by atoms with Crippen LogP contribution >= 0.6 is 0 Å². The Morgan fingerprint density at radius 1 is 1.60 bits per heavy atom. The van der Waals surface area contributed by atoms with Gasteiger partial charge in [0.1, 0.15) is 17.8 Å². The quantitative estimate of drug-likeness (QED) is 0.563. The zero-order chi connectivity index (χ0) is 7.61. The highest BCUT2D eigenvalue weighted by molar-refractivity contribution is 7.90. The van der Waals surface area contributed by atoms with Gasteiger partial charge in [-0.2, -0.15) is 8.42 Å². The summed E-state index contributed by atoms with van der Waals surface area (Å²) in [5, 5.41) is 0. The minimum atomic E-state index is -4.08. The van der Waals surface area contributed by atoms with Crippen LogP contribution in [0.15, 0.2) is 23.3 Å². The Labute approximate surface area is 58.6 Å². The fourth-order valence-electron chi connectivity index (χ4n) is 0.536. The lowest BCUT2D eigenvalue weighted by Gasteiger charge is -2.03. The third kappa shape index (κ3) is 1.58. The SMILES string of the molecule is O=S(=O)(O)C1=COCC=C1. The number of hydrogen-bond donors (Lipinski definition) is 1. The van der Waals surface area contributed by atoms with Crippen molar-refractivity contribution in [2.75, 3.05) is 6.61 Å². The van der Waals surface area contributed by atoms with Crippen LogP contribution in [-0.2, 0) is 14.9 Å². The van der Waals surface area contributed by atoms with E-state index in [2.05, 4.69) is 4.74 Å². The molecule has 0 saturated carbocycles. The van der Waals surface area contributed by atoms with Crippen LogP contribution in [0.3, 0.4) is 0 Å². The first-order chi connectivity index (χ1) is 4.61. The summed E-state index contributed by atoms with van der Waals surface area (Å²) in [5.41, 5.74) is 0. The van der Waals surface area contributed by atoms with Gasteiger partial charge >= 0.3 is 0 Å². The van der Waals surface area contributed by atoms with Gasteiger partial charge in [-0.15, -0.1) is 0 Å². The van der Waals surface area contributed by atoms with Crippen LogP contribution in [-0.4, -0.2) is 19.6 Å². The Bertz CT molecular complexity index is 272. The molecule has 0 radical (unpaired) electrons. The maximum Gasteiger partial charge on any atom is 0.297 e. The molecule has 0 saturated heterocycles. The molecule has 1 rings (SSSR count). The van der Waals surface area contributed by atoms with Gasteiger partial charge in [0.15, 0.2) is 0 Å². The molecule has 0 aliphatic carbocycles. The van der Waals surface area contributed by atoms with E-state index in [1.165, 1.54) is 12.2 Å². The Hall–Kier alpha value is -0.810. The Balaban J connectivity index is 2.94. The second-order valence-corrected chi connectivity index (χ2v) is 3.15. The van der Waals surface area contributed by atoms with E-state index in [0.717, 1.165) is 6.26 Å². The van der Waals surface area contributed by atoms with Gasteiger partial charge in [-0.3, -0.25) is 4.55 Å². The van der Waals surface area contributed by atoms with E-state index in [1.807, 2.05) is 0 Å². The van der Waals surface area contributed by atoms with Gasteiger partial charge in [0, 0.05) is 0 Å². The molecule has 5 heteroatoms. The summed E-state index contributed by atoms with van der Waals surface area (Å²) in [6.45, 7) is 0.346. The van der Waals surface area contributed by atoms with E-state index in [1.54, 1.807) is 0 Å². The van der Waals surface area contributed by atoms with Crippen molar-refractivity contribution < 1.29 is 17.7 Å². The molecule has 10 heavy (non-hydrogen) atoms. The lowest BCUT2D eigenvalue weighted by Crippen LogP contribution is -2.03. The number of allylic oxidation sites excluding steroid dienone is 1. The first-order valence-electron chi connectivity index (χ1n) is 2.56. The van der Waals surface area contributed by atoms with Crippen molar-refractivity contribution in [2.45, 2.75) is 0 Å². The molecule has 0 unspecified atom stereocenters. The zero-order valence-corrected chi connectivity index (χ0v) is 5.84. The van der Waals surface area contributed by atoms with Crippen LogP contribution in [0, 0.1) is 0 Å². The van der Waals surface area contributed by atoms with E-state index in [0.29, 0.717) is 6.61 Å². The van der Waals surface area contributed by atoms with E-state index in [4.69, 9.17) is 4.55 Å². The van der Waals surface area contributed by atoms with Gasteiger partial charge in [-0.1, -0.05) is 0 Å². The molecule has 0 spiro atoms. The highest BCUT2D eigenvalue weighted by Gasteiger charge is 2.12. The average molecular weight is 162 g/mol. The maximum atomic E-state index is 10.3. The normalized spacial score (nSPS) is 17.9. The predicted molar refractivity (Wildman–Crippen MR) is 34.7 cm³/mol. The van der Waals surface area contributed by atoms with Crippen molar-refractivity contribution in [3.63, 3.8) is 0 Å². The molecule has 0 amide bonds. The summed E-state index contributed by atoms with van der Waals surface area (Å²) in [7, 11) is -4.08. The number of ether oxygens (including phenoxy) is 1. The third-order valence-electron chi connectivity index (χ3n) is 0.972. The molecule has 1 aliphatic rings. The minimum Gasteiger partial charge on any atom is -0.496 e. The summed E-state index contributed by atoms with van der Waals surface area (Å²) in [4.78, 5) is -0.209. The molecular formula is C5H6O4S. The maximum absolute atomic E-state index is 10.3. The molecule has 56 valence electrons. The highest BCUT2D eigenvalue weighted by Crippen LogP contribution is 2.09. The van der Waals surface area contributed by atoms with Gasteiger partial charge in [0.25, 0.3) is 10.1 Å². The second kappa shape index (κ2) is 2.43. The predicted octanol–water partition coefficient (Wildman–Crippen LogP) is 0.302. The van der Waals surface area contributed by atoms with E-state index in [9.17, 15) is 8.42 Å². The van der Waals surface area contributed by atoms with Crippen molar-refractivity contribution in [1.82, 2.24) is 0 Å². The standard InChI is InChI=1S/C5H6O4S/c6-10(7,8)5-2-1-3-9-4-5/h1-2,4H,3H2,(H,6,7,8). The summed E-state index contributed by atoms with van der Waals surface area (Å²) in [5.74, 6) is 0. The van der Waals surface area contributed by atoms with Gasteiger partial charge in [-0.25, -0.2) is 0 Å². The van der Waals surface area contributed by atoms with E-state index in [-0.39, 0.29) is 4.91 Å². The monoisotopic (exact) mass is 162 g/mol. The van der Waals surface area contributed by atoms with Crippen LogP contribution in [0.4, 0.5) is 0 Å². The molecular weight excluding hydrogens is 156 g/mol. The van der Waals surface area contributed by atoms with Crippen molar-refractivity contribution in [3.8, 4) is 0 Å². The molecule has 0 aromatic carbocycles. The Kier molecular flexibility index (Phi) is 1.78. The first kappa shape index (κ1) is 7.30. The molecule has 1 heterocycles. The molecule has 0 aromatic heterocycles. The van der Waals surface area contributed by atoms with Crippen molar-refractivity contribution in [1.29, 1.82) is 0 Å². The van der Waals surface area contributed by atoms with Gasteiger partial charge in [-0.05, 0) is 12.2 Å². The lowest BCUT2D eigenvalue weighted by molar-refractivity contribution is 0.284. The zero-order valence-electron chi connectivity index (χ0n) is 5.02. The van der Waals surface area contributed by atoms with Crippen LogP contribution in [0.25, 0.3) is 0 Å². The van der Waals surface area contributed by atoms with Crippen LogP contribution in [0.5, 0.6) is 0 Å². The fraction of sp³-hybridized carbons (Fsp3) is 0.200. The van der Waals surface area contributed by atoms with Crippen LogP contribution < -0.4 is 0 Å². The fourth-order valence-corrected chi connectivity index (χ4v) is 0.994. The van der Waals surface area contributed by atoms with Crippen molar-refractivity contribution >= 4 is 10.1 Å². The third-order valence-corrected chi connectivity index (χ3v) is 1.80. The van der Waals surface area contributed by atoms with Crippen molar-refractivity contribution in [3.05, 3.63) is 23.3 Å². The van der Waals surface area contributed by atoms with Crippen molar-refractivity contribution in [2.24, 2.45) is 0 Å². The molecule has 0 atom stereocenters. The van der Waals surface area contributed by atoms with Crippen LogP contribution in [0.1, 0.15) is 0 Å². The topological polar surface area (TPSA) is 63.6 Å². The summed E-state index contributed by atoms with van der Waals surface area (Å²) < 4.78 is 33.7. The highest BCUT2D eigenvalue weighted by atomic mass is 32.2. The molecule has 0 bridgehead atoms. The minimum absolute atomic E-state index is 0.209. The number of rotatable bonds is 1.